The van der Waals surface area contributed by atoms with Crippen molar-refractivity contribution >= 4 is 55.9 Å². The van der Waals surface area contributed by atoms with Crippen LogP contribution in [-0.4, -0.2) is 52.6 Å². The second-order valence-electron chi connectivity index (χ2n) is 6.42. The summed E-state index contributed by atoms with van der Waals surface area (Å²) in [5.41, 5.74) is 0. The quantitative estimate of drug-likeness (QED) is 0.122. The second-order valence-corrected chi connectivity index (χ2v) is 8.59. The Kier molecular flexibility index (Phi) is 28.6. The molecule has 0 bridgehead atoms. The number of halogens is 3. The van der Waals surface area contributed by atoms with Gasteiger partial charge in [0.1, 0.15) is 0 Å². The maximum Gasteiger partial charge on any atom is 1.00 e. The molecule has 0 radical (unpaired) electrons. The normalized spacial score (nSPS) is 14.1. The van der Waals surface area contributed by atoms with Gasteiger partial charge in [-0.1, -0.05) is 6.42 Å². The van der Waals surface area contributed by atoms with Crippen molar-refractivity contribution in [2.45, 2.75) is 38.5 Å². The van der Waals surface area contributed by atoms with Crippen LogP contribution in [0.4, 0.5) is 5.95 Å². The van der Waals surface area contributed by atoms with Gasteiger partial charge in [0.25, 0.3) is 6.47 Å². The number of hydrogen-bond acceptors (Lipinski definition) is 9. The monoisotopic (exact) mass is 658 g/mol. The predicted molar refractivity (Wildman–Crippen MR) is 126 cm³/mol. The zero-order valence-electron chi connectivity index (χ0n) is 20.1. The Hall–Kier alpha value is 1.87. The minimum atomic E-state index is -0.181. The van der Waals surface area contributed by atoms with Crippen molar-refractivity contribution in [2.75, 3.05) is 31.1 Å². The molecule has 4 rings (SSSR count). The van der Waals surface area contributed by atoms with Crippen molar-refractivity contribution in [2.24, 2.45) is 0 Å². The zero-order valence-corrected chi connectivity index (χ0v) is 29.2. The first kappa shape index (κ1) is 37.0. The summed E-state index contributed by atoms with van der Waals surface area (Å²) >= 11 is 11.9. The molecule has 0 amide bonds. The van der Waals surface area contributed by atoms with Crippen LogP contribution in [0.25, 0.3) is 0 Å². The number of piperidine rings is 2. The van der Waals surface area contributed by atoms with Crippen molar-refractivity contribution in [3.8, 4) is 0 Å². The van der Waals surface area contributed by atoms with Crippen molar-refractivity contribution in [3.63, 3.8) is 0 Å². The van der Waals surface area contributed by atoms with Gasteiger partial charge in [0.05, 0.1) is 8.95 Å². The van der Waals surface area contributed by atoms with Crippen LogP contribution < -0.4 is 118 Å². The first-order chi connectivity index (χ1) is 15.1. The Morgan fingerprint density at radius 3 is 1.67 bits per heavy atom. The largest absolute Gasteiger partial charge is 1.00 e. The average Bonchev–Trinajstić information content (AvgIpc) is 2.84. The van der Waals surface area contributed by atoms with E-state index in [2.05, 4.69) is 66.9 Å². The average molecular weight is 661 g/mol. The van der Waals surface area contributed by atoms with Gasteiger partial charge in [-0.25, -0.2) is 19.9 Å². The molecule has 174 valence electrons. The van der Waals surface area contributed by atoms with Crippen LogP contribution in [-0.2, 0) is 9.68 Å². The molecule has 33 heavy (non-hydrogen) atoms. The third-order valence-corrected chi connectivity index (χ3v) is 5.10. The number of carbonyl (C=O) groups is 1. The number of carbonyl (C=O) groups excluding carboxylic acids is 1. The van der Waals surface area contributed by atoms with Crippen LogP contribution in [0.3, 0.4) is 0 Å². The fourth-order valence-corrected chi connectivity index (χ4v) is 3.17. The molecule has 2 aromatic heterocycles. The first-order valence-electron chi connectivity index (χ1n) is 9.85. The first-order valence-corrected chi connectivity index (χ1v) is 11.8. The smallest absolute Gasteiger partial charge is 1.00 e. The molecular formula is C19H27Br2ClK2N6O3. The van der Waals surface area contributed by atoms with Crippen molar-refractivity contribution in [1.82, 2.24) is 25.3 Å². The van der Waals surface area contributed by atoms with Crippen molar-refractivity contribution in [1.29, 1.82) is 0 Å². The van der Waals surface area contributed by atoms with Crippen LogP contribution in [0.1, 0.15) is 40.0 Å². The molecule has 0 aromatic carbocycles. The minimum Gasteiger partial charge on any atom is -1.00 e. The standard InChI is InChI=1S/C9H12BrN3.C5H11N.C4H2BrClN2.CH2O3.2K.H/c10-8-6-11-9(12-7-8)13-4-2-1-3-5-13;1-2-4-6-5-3-1;5-3-1-7-4(6)8-2-3;2-1-4-3;;;/h6-7H,1-5H2;6H,1-5H2;1-2H;1,3H;;;/q;;;;2*+1;-1/p-1. The Bertz CT molecular complexity index is 688. The van der Waals surface area contributed by atoms with Gasteiger partial charge in [0, 0.05) is 37.9 Å². The summed E-state index contributed by atoms with van der Waals surface area (Å²) < 4.78 is 1.77. The molecule has 1 N–H and O–H groups in total. The number of anilines is 1. The molecule has 14 heteroatoms. The van der Waals surface area contributed by atoms with Crippen LogP contribution in [0.15, 0.2) is 33.7 Å². The van der Waals surface area contributed by atoms with Gasteiger partial charge < -0.3 is 21.8 Å². The summed E-state index contributed by atoms with van der Waals surface area (Å²) in [5.74, 6) is 0.864. The van der Waals surface area contributed by atoms with E-state index in [1.165, 1.54) is 51.6 Å². The Morgan fingerprint density at radius 1 is 0.909 bits per heavy atom. The van der Waals surface area contributed by atoms with E-state index in [0.717, 1.165) is 28.0 Å². The van der Waals surface area contributed by atoms with Gasteiger partial charge in [0.15, 0.2) is 0 Å². The molecule has 0 spiro atoms. The summed E-state index contributed by atoms with van der Waals surface area (Å²) in [6.45, 7) is 4.52. The summed E-state index contributed by atoms with van der Waals surface area (Å²) in [7, 11) is 0. The molecule has 2 fully saturated rings. The Labute approximate surface area is 303 Å². The topological polar surface area (TPSA) is 116 Å². The van der Waals surface area contributed by atoms with Crippen LogP contribution in [0.5, 0.6) is 0 Å². The van der Waals surface area contributed by atoms with E-state index in [-0.39, 0.29) is 116 Å². The number of aromatic nitrogens is 4. The number of nitrogens with zero attached hydrogens (tertiary/aromatic N) is 5. The maximum absolute atomic E-state index is 8.64. The number of nitrogens with one attached hydrogen (secondary N) is 1. The van der Waals surface area contributed by atoms with E-state index in [9.17, 15) is 0 Å². The maximum atomic E-state index is 8.64. The third-order valence-electron chi connectivity index (χ3n) is 4.08. The minimum absolute atomic E-state index is 0. The number of hydrogen-bond donors (Lipinski definition) is 1. The van der Waals surface area contributed by atoms with E-state index in [1.54, 1.807) is 24.8 Å². The van der Waals surface area contributed by atoms with E-state index in [4.69, 9.17) is 21.7 Å². The van der Waals surface area contributed by atoms with Gasteiger partial charge in [0.2, 0.25) is 11.2 Å². The fourth-order valence-electron chi connectivity index (χ4n) is 2.66. The van der Waals surface area contributed by atoms with Crippen molar-refractivity contribution < 1.29 is 119 Å². The second kappa shape index (κ2) is 25.5. The molecule has 2 aliphatic rings. The van der Waals surface area contributed by atoms with Gasteiger partial charge >= 0.3 is 103 Å². The van der Waals surface area contributed by atoms with Gasteiger partial charge in [-0.15, -0.1) is 0 Å². The summed E-state index contributed by atoms with van der Waals surface area (Å²) in [6.07, 6.45) is 14.9. The van der Waals surface area contributed by atoms with E-state index in [1.807, 2.05) is 0 Å². The molecule has 4 heterocycles. The summed E-state index contributed by atoms with van der Waals surface area (Å²) in [4.78, 5) is 29.4. The van der Waals surface area contributed by atoms with E-state index in [0.29, 0.717) is 0 Å². The molecule has 0 aliphatic carbocycles. The summed E-state index contributed by atoms with van der Waals surface area (Å²) in [6, 6.07) is 0. The third kappa shape index (κ3) is 20.6. The zero-order chi connectivity index (χ0) is 22.7. The Morgan fingerprint density at radius 2 is 1.33 bits per heavy atom. The number of rotatable bonds is 2. The van der Waals surface area contributed by atoms with Crippen molar-refractivity contribution in [3.05, 3.63) is 39.0 Å². The fraction of sp³-hybridized carbons (Fsp3) is 0.526. The molecule has 9 nitrogen and oxygen atoms in total. The molecule has 0 atom stereocenters. The molecular weight excluding hydrogens is 634 g/mol. The van der Waals surface area contributed by atoms with E-state index >= 15 is 0 Å². The van der Waals surface area contributed by atoms with Crippen LogP contribution in [0, 0.1) is 0 Å². The SMILES string of the molecule is Brc1cnc(N2CCCCC2)nc1.C1CCNCC1.Clc1ncc(Br)cn1.O=CO[O-].[H-].[K+].[K+]. The van der Waals surface area contributed by atoms with Crippen LogP contribution in [0.2, 0.25) is 5.28 Å². The summed E-state index contributed by atoms with van der Waals surface area (Å²) in [5, 5.41) is 12.0. The Balaban J connectivity index is -0.000000399. The molecule has 2 aromatic rings. The van der Waals surface area contributed by atoms with Gasteiger partial charge in [-0.3, -0.25) is 4.79 Å². The van der Waals surface area contributed by atoms with Crippen LogP contribution >= 0.6 is 43.5 Å². The molecule has 0 unspecified atom stereocenters. The predicted octanol–water partition coefficient (Wildman–Crippen LogP) is -2.56. The molecule has 2 saturated heterocycles. The molecule has 0 saturated carbocycles. The van der Waals surface area contributed by atoms with Gasteiger partial charge in [-0.2, -0.15) is 0 Å². The van der Waals surface area contributed by atoms with Gasteiger partial charge in [-0.05, 0) is 88.7 Å². The van der Waals surface area contributed by atoms with E-state index < -0.39 is 0 Å². The molecule has 2 aliphatic heterocycles.